The molecular weight excluding hydrogens is 326 g/mol. The van der Waals surface area contributed by atoms with E-state index in [2.05, 4.69) is 16.2 Å². The van der Waals surface area contributed by atoms with Crippen LogP contribution in [0.4, 0.5) is 5.69 Å². The fraction of sp³-hybridized carbons (Fsp3) is 0.235. The van der Waals surface area contributed by atoms with E-state index >= 15 is 0 Å². The number of furan rings is 1. The molecule has 1 aliphatic rings. The van der Waals surface area contributed by atoms with Gasteiger partial charge in [0.1, 0.15) is 17.3 Å². The van der Waals surface area contributed by atoms with Gasteiger partial charge in [-0.15, -0.1) is 0 Å². The van der Waals surface area contributed by atoms with Crippen LogP contribution < -0.4 is 20.9 Å². The first-order valence-electron chi connectivity index (χ1n) is 7.67. The highest BCUT2D eigenvalue weighted by atomic mass is 16.5. The van der Waals surface area contributed by atoms with Crippen LogP contribution in [0.1, 0.15) is 28.3 Å². The summed E-state index contributed by atoms with van der Waals surface area (Å²) >= 11 is 0. The molecule has 3 amide bonds. The van der Waals surface area contributed by atoms with Crippen LogP contribution in [0, 0.1) is 13.8 Å². The van der Waals surface area contributed by atoms with E-state index in [9.17, 15) is 14.4 Å². The van der Waals surface area contributed by atoms with Gasteiger partial charge in [-0.25, -0.2) is 0 Å². The number of hydrogen-bond donors (Lipinski definition) is 3. The molecule has 0 unspecified atom stereocenters. The third-order valence-electron chi connectivity index (χ3n) is 3.68. The molecule has 2 aromatic rings. The fourth-order valence-electron chi connectivity index (χ4n) is 2.50. The van der Waals surface area contributed by atoms with Crippen LogP contribution in [0.25, 0.3) is 0 Å². The van der Waals surface area contributed by atoms with Gasteiger partial charge < -0.3 is 14.5 Å². The number of fused-ring (bicyclic) bond motifs is 1. The lowest BCUT2D eigenvalue weighted by Crippen LogP contribution is -2.46. The number of aryl methyl sites for hydroxylation is 2. The first-order chi connectivity index (χ1) is 11.9. The number of carbonyl (C=O) groups is 3. The van der Waals surface area contributed by atoms with Gasteiger partial charge >= 0.3 is 0 Å². The Kier molecular flexibility index (Phi) is 4.42. The summed E-state index contributed by atoms with van der Waals surface area (Å²) in [4.78, 5) is 36.0. The van der Waals surface area contributed by atoms with Crippen molar-refractivity contribution in [2.75, 3.05) is 5.32 Å². The second kappa shape index (κ2) is 6.68. The molecule has 8 nitrogen and oxygen atoms in total. The van der Waals surface area contributed by atoms with Crippen LogP contribution in [0.2, 0.25) is 0 Å². The van der Waals surface area contributed by atoms with Crippen molar-refractivity contribution >= 4 is 23.4 Å². The zero-order valence-corrected chi connectivity index (χ0v) is 13.7. The largest absolute Gasteiger partial charge is 0.478 e. The molecule has 25 heavy (non-hydrogen) atoms. The van der Waals surface area contributed by atoms with Gasteiger partial charge in [0.05, 0.1) is 17.7 Å². The molecule has 1 aromatic heterocycles. The summed E-state index contributed by atoms with van der Waals surface area (Å²) < 4.78 is 10.8. The molecule has 130 valence electrons. The Morgan fingerprint density at radius 3 is 2.68 bits per heavy atom. The molecule has 0 radical (unpaired) electrons. The van der Waals surface area contributed by atoms with Crippen molar-refractivity contribution in [1.29, 1.82) is 0 Å². The molecule has 0 saturated heterocycles. The van der Waals surface area contributed by atoms with Crippen molar-refractivity contribution in [2.24, 2.45) is 0 Å². The zero-order valence-electron chi connectivity index (χ0n) is 13.7. The van der Waals surface area contributed by atoms with E-state index in [0.717, 1.165) is 0 Å². The summed E-state index contributed by atoms with van der Waals surface area (Å²) in [5.74, 6) is 0.0819. The van der Waals surface area contributed by atoms with Crippen LogP contribution in [0.15, 0.2) is 34.7 Å². The molecule has 0 saturated carbocycles. The van der Waals surface area contributed by atoms with Crippen molar-refractivity contribution in [2.45, 2.75) is 26.4 Å². The van der Waals surface area contributed by atoms with E-state index in [1.165, 1.54) is 0 Å². The molecule has 8 heteroatoms. The highest BCUT2D eigenvalue weighted by Gasteiger charge is 2.29. The zero-order chi connectivity index (χ0) is 18.0. The summed E-state index contributed by atoms with van der Waals surface area (Å²) in [7, 11) is 0. The number of para-hydroxylation sites is 2. The van der Waals surface area contributed by atoms with Crippen LogP contribution in [-0.2, 0) is 9.59 Å². The summed E-state index contributed by atoms with van der Waals surface area (Å²) in [5, 5.41) is 2.67. The Hall–Kier alpha value is -3.29. The predicted molar refractivity (Wildman–Crippen MR) is 87.9 cm³/mol. The molecule has 1 aliphatic heterocycles. The summed E-state index contributed by atoms with van der Waals surface area (Å²) in [6.45, 7) is 3.38. The molecule has 2 heterocycles. The van der Waals surface area contributed by atoms with E-state index in [1.807, 2.05) is 0 Å². The first-order valence-corrected chi connectivity index (χ1v) is 7.67. The third kappa shape index (κ3) is 3.63. The summed E-state index contributed by atoms with van der Waals surface area (Å²) in [5.41, 5.74) is 5.45. The van der Waals surface area contributed by atoms with Gasteiger partial charge in [0.25, 0.3) is 11.8 Å². The average Bonchev–Trinajstić information content (AvgIpc) is 2.92. The number of hydrogen-bond acceptors (Lipinski definition) is 5. The standard InChI is InChI=1S/C17H17N3O5/c1-9-7-11(10(2)24-9)16(22)20-19-15(21)8-14-17(23)18-12-5-3-4-6-13(12)25-14/h3-7,14H,8H2,1-2H3,(H,18,23)(H,19,21)(H,20,22)/t14-/m1/s1. The van der Waals surface area contributed by atoms with Crippen molar-refractivity contribution < 1.29 is 23.5 Å². The number of ether oxygens (including phenoxy) is 1. The van der Waals surface area contributed by atoms with Crippen LogP contribution in [0.3, 0.4) is 0 Å². The lowest BCUT2D eigenvalue weighted by molar-refractivity contribution is -0.130. The molecule has 0 fully saturated rings. The Morgan fingerprint density at radius 2 is 1.96 bits per heavy atom. The average molecular weight is 343 g/mol. The second-order valence-electron chi connectivity index (χ2n) is 5.63. The van der Waals surface area contributed by atoms with Crippen molar-refractivity contribution in [3.05, 3.63) is 47.4 Å². The maximum Gasteiger partial charge on any atom is 0.273 e. The van der Waals surface area contributed by atoms with E-state index in [4.69, 9.17) is 9.15 Å². The second-order valence-corrected chi connectivity index (χ2v) is 5.63. The monoisotopic (exact) mass is 343 g/mol. The smallest absolute Gasteiger partial charge is 0.273 e. The molecule has 0 bridgehead atoms. The van der Waals surface area contributed by atoms with Crippen molar-refractivity contribution in [3.8, 4) is 5.75 Å². The normalized spacial score (nSPS) is 15.6. The van der Waals surface area contributed by atoms with Gasteiger partial charge in [-0.1, -0.05) is 12.1 Å². The molecular formula is C17H17N3O5. The Bertz CT molecular complexity index is 843. The van der Waals surface area contributed by atoms with E-state index in [1.54, 1.807) is 44.2 Å². The topological polar surface area (TPSA) is 110 Å². The van der Waals surface area contributed by atoms with Gasteiger partial charge in [0.15, 0.2) is 6.10 Å². The lowest BCUT2D eigenvalue weighted by Gasteiger charge is -2.25. The Morgan fingerprint density at radius 1 is 1.20 bits per heavy atom. The Balaban J connectivity index is 1.55. The number of anilines is 1. The molecule has 3 rings (SSSR count). The molecule has 1 aromatic carbocycles. The van der Waals surface area contributed by atoms with Gasteiger partial charge in [-0.2, -0.15) is 0 Å². The summed E-state index contributed by atoms with van der Waals surface area (Å²) in [6.07, 6.45) is -1.20. The lowest BCUT2D eigenvalue weighted by atomic mass is 10.1. The van der Waals surface area contributed by atoms with Gasteiger partial charge in [0.2, 0.25) is 5.91 Å². The summed E-state index contributed by atoms with van der Waals surface area (Å²) in [6, 6.07) is 8.52. The molecule has 0 spiro atoms. The number of nitrogens with one attached hydrogen (secondary N) is 3. The predicted octanol–water partition coefficient (Wildman–Crippen LogP) is 1.45. The quantitative estimate of drug-likeness (QED) is 0.731. The number of benzene rings is 1. The molecule has 3 N–H and O–H groups in total. The van der Waals surface area contributed by atoms with Gasteiger partial charge in [0, 0.05) is 0 Å². The number of hydrazine groups is 1. The molecule has 1 atom stereocenters. The van der Waals surface area contributed by atoms with Crippen molar-refractivity contribution in [3.63, 3.8) is 0 Å². The minimum Gasteiger partial charge on any atom is -0.478 e. The number of amides is 3. The van der Waals surface area contributed by atoms with Crippen LogP contribution in [-0.4, -0.2) is 23.8 Å². The number of carbonyl (C=O) groups excluding carboxylic acids is 3. The SMILES string of the molecule is Cc1cc(C(=O)NNC(=O)C[C@H]2Oc3ccccc3NC2=O)c(C)o1. The van der Waals surface area contributed by atoms with Crippen LogP contribution >= 0.6 is 0 Å². The first kappa shape index (κ1) is 16.6. The maximum atomic E-state index is 12.0. The minimum atomic E-state index is -0.968. The van der Waals surface area contributed by atoms with E-state index in [-0.39, 0.29) is 6.42 Å². The van der Waals surface area contributed by atoms with E-state index in [0.29, 0.717) is 28.5 Å². The van der Waals surface area contributed by atoms with Crippen LogP contribution in [0.5, 0.6) is 5.75 Å². The fourth-order valence-corrected chi connectivity index (χ4v) is 2.50. The highest BCUT2D eigenvalue weighted by molar-refractivity contribution is 6.00. The Labute approximate surface area is 143 Å². The minimum absolute atomic E-state index is 0.232. The third-order valence-corrected chi connectivity index (χ3v) is 3.68. The number of rotatable bonds is 3. The maximum absolute atomic E-state index is 12.0. The highest BCUT2D eigenvalue weighted by Crippen LogP contribution is 2.29. The van der Waals surface area contributed by atoms with E-state index < -0.39 is 23.8 Å². The van der Waals surface area contributed by atoms with Gasteiger partial charge in [-0.05, 0) is 32.0 Å². The molecule has 0 aliphatic carbocycles. The van der Waals surface area contributed by atoms with Gasteiger partial charge in [-0.3, -0.25) is 25.2 Å². The van der Waals surface area contributed by atoms with Crippen molar-refractivity contribution in [1.82, 2.24) is 10.9 Å².